The summed E-state index contributed by atoms with van der Waals surface area (Å²) in [4.78, 5) is 12.0. The summed E-state index contributed by atoms with van der Waals surface area (Å²) in [6, 6.07) is 10.1. The van der Waals surface area contributed by atoms with Gasteiger partial charge in [-0.15, -0.1) is 0 Å². The molecule has 7 heteroatoms. The molecular formula is C19H18F3NO3. The summed E-state index contributed by atoms with van der Waals surface area (Å²) in [6.07, 6.45) is -4.55. The van der Waals surface area contributed by atoms with E-state index < -0.39 is 17.5 Å². The van der Waals surface area contributed by atoms with Gasteiger partial charge in [-0.05, 0) is 29.3 Å². The molecule has 138 valence electrons. The number of ether oxygens (including phenoxy) is 2. The minimum Gasteiger partial charge on any atom is -0.449 e. The van der Waals surface area contributed by atoms with Crippen LogP contribution < -0.4 is 14.8 Å². The maximum Gasteiger partial charge on any atom is 0.416 e. The third-order valence-corrected chi connectivity index (χ3v) is 3.83. The number of alkyl halides is 3. The Morgan fingerprint density at radius 3 is 2.50 bits per heavy atom. The van der Waals surface area contributed by atoms with Crippen molar-refractivity contribution >= 4 is 5.91 Å². The molecule has 0 radical (unpaired) electrons. The molecule has 0 fully saturated rings. The van der Waals surface area contributed by atoms with Crippen molar-refractivity contribution in [2.75, 3.05) is 0 Å². The highest BCUT2D eigenvalue weighted by Gasteiger charge is 2.32. The number of carbonyl (C=O) groups is 1. The van der Waals surface area contributed by atoms with E-state index in [1.54, 1.807) is 32.0 Å². The summed E-state index contributed by atoms with van der Waals surface area (Å²) < 4.78 is 49.4. The van der Waals surface area contributed by atoms with Gasteiger partial charge >= 0.3 is 6.18 Å². The summed E-state index contributed by atoms with van der Waals surface area (Å²) in [5, 5.41) is 2.70. The average Bonchev–Trinajstić information content (AvgIpc) is 2.85. The molecule has 0 aromatic heterocycles. The van der Waals surface area contributed by atoms with E-state index in [1.807, 2.05) is 0 Å². The molecule has 1 N–H and O–H groups in total. The Morgan fingerprint density at radius 2 is 1.77 bits per heavy atom. The van der Waals surface area contributed by atoms with E-state index >= 15 is 0 Å². The van der Waals surface area contributed by atoms with Gasteiger partial charge in [0.2, 0.25) is 11.7 Å². The molecule has 3 rings (SSSR count). The van der Waals surface area contributed by atoms with Crippen LogP contribution in [0.15, 0.2) is 42.5 Å². The number of amides is 1. The van der Waals surface area contributed by atoms with Gasteiger partial charge in [0.15, 0.2) is 11.5 Å². The number of halogens is 3. The topological polar surface area (TPSA) is 47.6 Å². The first-order chi connectivity index (χ1) is 12.1. The molecule has 0 saturated carbocycles. The molecule has 1 aliphatic heterocycles. The molecule has 0 spiro atoms. The zero-order valence-electron chi connectivity index (χ0n) is 14.3. The number of benzene rings is 2. The Labute approximate surface area is 148 Å². The molecule has 0 aliphatic carbocycles. The molecule has 1 aliphatic rings. The van der Waals surface area contributed by atoms with Gasteiger partial charge in [0.25, 0.3) is 0 Å². The van der Waals surface area contributed by atoms with Crippen molar-refractivity contribution in [2.45, 2.75) is 38.8 Å². The average molecular weight is 365 g/mol. The van der Waals surface area contributed by atoms with Crippen molar-refractivity contribution in [1.82, 2.24) is 5.32 Å². The van der Waals surface area contributed by atoms with E-state index in [0.29, 0.717) is 17.1 Å². The fourth-order valence-electron chi connectivity index (χ4n) is 2.68. The van der Waals surface area contributed by atoms with Crippen LogP contribution in [0.1, 0.15) is 30.5 Å². The predicted molar refractivity (Wildman–Crippen MR) is 88.8 cm³/mol. The summed E-state index contributed by atoms with van der Waals surface area (Å²) >= 11 is 0. The van der Waals surface area contributed by atoms with Gasteiger partial charge in [0, 0.05) is 20.4 Å². The van der Waals surface area contributed by atoms with Gasteiger partial charge in [-0.3, -0.25) is 4.79 Å². The van der Waals surface area contributed by atoms with Crippen LogP contribution >= 0.6 is 0 Å². The fourth-order valence-corrected chi connectivity index (χ4v) is 2.68. The highest BCUT2D eigenvalue weighted by atomic mass is 19.4. The third-order valence-electron chi connectivity index (χ3n) is 3.83. The second kappa shape index (κ2) is 6.55. The van der Waals surface area contributed by atoms with Gasteiger partial charge in [-0.25, -0.2) is 0 Å². The number of fused-ring (bicyclic) bond motifs is 1. The summed E-state index contributed by atoms with van der Waals surface area (Å²) in [5.41, 5.74) is 0.355. The van der Waals surface area contributed by atoms with Gasteiger partial charge in [-0.2, -0.15) is 13.2 Å². The fraction of sp³-hybridized carbons (Fsp3) is 0.316. The van der Waals surface area contributed by atoms with E-state index in [0.717, 1.165) is 17.7 Å². The van der Waals surface area contributed by atoms with Crippen molar-refractivity contribution in [3.8, 4) is 11.5 Å². The molecule has 2 aromatic carbocycles. The Balaban J connectivity index is 1.59. The van der Waals surface area contributed by atoms with Crippen LogP contribution in [0.5, 0.6) is 11.5 Å². The van der Waals surface area contributed by atoms with Crippen LogP contribution in [0.25, 0.3) is 0 Å². The van der Waals surface area contributed by atoms with Crippen LogP contribution in [0.3, 0.4) is 0 Å². The molecule has 0 saturated heterocycles. The zero-order chi connectivity index (χ0) is 18.9. The molecule has 4 nitrogen and oxygen atoms in total. The maximum atomic E-state index is 12.7. The van der Waals surface area contributed by atoms with Crippen molar-refractivity contribution in [3.63, 3.8) is 0 Å². The lowest BCUT2D eigenvalue weighted by Crippen LogP contribution is -2.29. The number of carbonyl (C=O) groups excluding carboxylic acids is 1. The van der Waals surface area contributed by atoms with Crippen LogP contribution in [-0.4, -0.2) is 11.7 Å². The van der Waals surface area contributed by atoms with Gasteiger partial charge in [0.05, 0.1) is 12.0 Å². The monoisotopic (exact) mass is 365 g/mol. The van der Waals surface area contributed by atoms with E-state index in [-0.39, 0.29) is 18.9 Å². The Hall–Kier alpha value is -2.70. The second-order valence-electron chi connectivity index (χ2n) is 6.54. The molecule has 26 heavy (non-hydrogen) atoms. The molecule has 0 atom stereocenters. The number of rotatable bonds is 4. The number of nitrogens with one attached hydrogen (secondary N) is 1. The summed E-state index contributed by atoms with van der Waals surface area (Å²) in [5.74, 6) is 0.143. The van der Waals surface area contributed by atoms with Crippen LogP contribution in [0, 0.1) is 0 Å². The Kier molecular flexibility index (Phi) is 4.56. The molecular weight excluding hydrogens is 347 g/mol. The van der Waals surface area contributed by atoms with E-state index in [9.17, 15) is 18.0 Å². The van der Waals surface area contributed by atoms with Crippen molar-refractivity contribution in [2.24, 2.45) is 0 Å². The minimum atomic E-state index is -4.42. The van der Waals surface area contributed by atoms with Crippen molar-refractivity contribution in [1.29, 1.82) is 0 Å². The smallest absolute Gasteiger partial charge is 0.416 e. The van der Waals surface area contributed by atoms with E-state index in [1.165, 1.54) is 12.1 Å². The molecule has 0 bridgehead atoms. The lowest BCUT2D eigenvalue weighted by atomic mass is 10.1. The summed E-state index contributed by atoms with van der Waals surface area (Å²) in [6.45, 7) is 3.84. The molecule has 1 amide bonds. The summed E-state index contributed by atoms with van der Waals surface area (Å²) in [7, 11) is 0. The lowest BCUT2D eigenvalue weighted by Gasteiger charge is -2.16. The van der Waals surface area contributed by atoms with Crippen LogP contribution in [0.2, 0.25) is 0 Å². The second-order valence-corrected chi connectivity index (χ2v) is 6.54. The van der Waals surface area contributed by atoms with Gasteiger partial charge < -0.3 is 14.8 Å². The maximum absolute atomic E-state index is 12.7. The number of hydrogen-bond donors (Lipinski definition) is 1. The first-order valence-electron chi connectivity index (χ1n) is 8.06. The van der Waals surface area contributed by atoms with Gasteiger partial charge in [0.1, 0.15) is 0 Å². The minimum absolute atomic E-state index is 0.124. The first-order valence-corrected chi connectivity index (χ1v) is 8.06. The standard InChI is InChI=1S/C19H18F3NO3/c1-18(2)25-15-7-6-13(9-16(15)26-18)11-23-17(24)10-12-4-3-5-14(8-12)19(20,21)22/h3-9H,10-11H2,1-2H3,(H,23,24). The van der Waals surface area contributed by atoms with Crippen LogP contribution in [0.4, 0.5) is 13.2 Å². The molecule has 1 heterocycles. The SMILES string of the molecule is CC1(C)Oc2ccc(CNC(=O)Cc3cccc(C(F)(F)F)c3)cc2O1. The third kappa shape index (κ3) is 4.28. The van der Waals surface area contributed by atoms with Crippen LogP contribution in [-0.2, 0) is 23.9 Å². The highest BCUT2D eigenvalue weighted by molar-refractivity contribution is 5.78. The predicted octanol–water partition coefficient (Wildman–Crippen LogP) is 4.07. The Morgan fingerprint density at radius 1 is 1.04 bits per heavy atom. The normalized spacial score (nSPS) is 15.0. The lowest BCUT2D eigenvalue weighted by molar-refractivity contribution is -0.137. The van der Waals surface area contributed by atoms with Crippen molar-refractivity contribution < 1.29 is 27.4 Å². The van der Waals surface area contributed by atoms with E-state index in [2.05, 4.69) is 5.32 Å². The zero-order valence-corrected chi connectivity index (χ0v) is 14.3. The van der Waals surface area contributed by atoms with Gasteiger partial charge in [-0.1, -0.05) is 24.3 Å². The molecule has 0 unspecified atom stereocenters. The largest absolute Gasteiger partial charge is 0.449 e. The molecule has 2 aromatic rings. The van der Waals surface area contributed by atoms with Crippen molar-refractivity contribution in [3.05, 3.63) is 59.2 Å². The Bertz CT molecular complexity index is 831. The highest BCUT2D eigenvalue weighted by Crippen LogP contribution is 2.39. The number of hydrogen-bond acceptors (Lipinski definition) is 3. The quantitative estimate of drug-likeness (QED) is 0.889. The first kappa shape index (κ1) is 18.1. The van der Waals surface area contributed by atoms with E-state index in [4.69, 9.17) is 9.47 Å².